The number of hydrogen-bond acceptors (Lipinski definition) is 4. The van der Waals surface area contributed by atoms with Crippen LogP contribution in [-0.2, 0) is 16.0 Å². The summed E-state index contributed by atoms with van der Waals surface area (Å²) in [7, 11) is 0. The molecule has 1 aliphatic heterocycles. The van der Waals surface area contributed by atoms with Crippen molar-refractivity contribution in [2.45, 2.75) is 13.3 Å². The van der Waals surface area contributed by atoms with E-state index in [1.54, 1.807) is 11.3 Å². The van der Waals surface area contributed by atoms with Gasteiger partial charge in [-0.15, -0.1) is 11.3 Å². The van der Waals surface area contributed by atoms with E-state index in [-0.39, 0.29) is 5.91 Å². The van der Waals surface area contributed by atoms with Gasteiger partial charge in [-0.1, -0.05) is 29.8 Å². The van der Waals surface area contributed by atoms with Crippen LogP contribution in [0.2, 0.25) is 0 Å². The van der Waals surface area contributed by atoms with Crippen LogP contribution in [0, 0.1) is 6.92 Å². The van der Waals surface area contributed by atoms with Crippen molar-refractivity contribution in [1.29, 1.82) is 0 Å². The third-order valence-electron chi connectivity index (χ3n) is 4.19. The van der Waals surface area contributed by atoms with Gasteiger partial charge in [-0.2, -0.15) is 0 Å². The minimum absolute atomic E-state index is 0.0977. The molecule has 3 rings (SSSR count). The molecule has 0 radical (unpaired) electrons. The van der Waals surface area contributed by atoms with Gasteiger partial charge in [0.2, 0.25) is 5.91 Å². The van der Waals surface area contributed by atoms with Crippen LogP contribution in [0.1, 0.15) is 10.4 Å². The van der Waals surface area contributed by atoms with E-state index in [9.17, 15) is 4.79 Å². The maximum atomic E-state index is 12.1. The van der Waals surface area contributed by atoms with Crippen LogP contribution in [0.25, 0.3) is 10.4 Å². The van der Waals surface area contributed by atoms with Gasteiger partial charge in [-0.25, -0.2) is 0 Å². The quantitative estimate of drug-likeness (QED) is 0.876. The molecule has 5 heteroatoms. The molecule has 0 saturated carbocycles. The lowest BCUT2D eigenvalue weighted by atomic mass is 10.1. The number of amides is 1. The number of hydrogen-bond donors (Lipinski definition) is 1. The first-order valence-electron chi connectivity index (χ1n) is 8.43. The minimum atomic E-state index is 0.0977. The van der Waals surface area contributed by atoms with E-state index in [1.807, 2.05) is 0 Å². The predicted octanol–water partition coefficient (Wildman–Crippen LogP) is 2.71. The van der Waals surface area contributed by atoms with Crippen molar-refractivity contribution < 1.29 is 9.53 Å². The minimum Gasteiger partial charge on any atom is -0.379 e. The zero-order valence-corrected chi connectivity index (χ0v) is 14.9. The van der Waals surface area contributed by atoms with Gasteiger partial charge in [-0.3, -0.25) is 9.69 Å². The molecular formula is C19H24N2O2S. The highest BCUT2D eigenvalue weighted by Gasteiger charge is 2.11. The second-order valence-electron chi connectivity index (χ2n) is 6.11. The second-order valence-corrected chi connectivity index (χ2v) is 7.28. The summed E-state index contributed by atoms with van der Waals surface area (Å²) >= 11 is 1.69. The van der Waals surface area contributed by atoms with Crippen molar-refractivity contribution >= 4 is 17.2 Å². The van der Waals surface area contributed by atoms with E-state index < -0.39 is 0 Å². The molecule has 1 aromatic carbocycles. The smallest absolute Gasteiger partial charge is 0.225 e. The summed E-state index contributed by atoms with van der Waals surface area (Å²) in [6.07, 6.45) is 0.458. The number of morpholine rings is 1. The molecule has 0 bridgehead atoms. The van der Waals surface area contributed by atoms with Gasteiger partial charge < -0.3 is 10.1 Å². The number of benzene rings is 1. The Morgan fingerprint density at radius 3 is 2.67 bits per heavy atom. The molecule has 0 atom stereocenters. The molecule has 1 saturated heterocycles. The summed E-state index contributed by atoms with van der Waals surface area (Å²) in [5.41, 5.74) is 2.47. The monoisotopic (exact) mass is 344 g/mol. The SMILES string of the molecule is Cc1ccc(-c2ccc(CC(=O)NCCN3CCOCC3)s2)cc1. The van der Waals surface area contributed by atoms with Crippen molar-refractivity contribution in [2.75, 3.05) is 39.4 Å². The van der Waals surface area contributed by atoms with E-state index in [0.717, 1.165) is 37.7 Å². The fourth-order valence-electron chi connectivity index (χ4n) is 2.74. The van der Waals surface area contributed by atoms with E-state index in [2.05, 4.69) is 53.5 Å². The number of carbonyl (C=O) groups is 1. The zero-order valence-electron chi connectivity index (χ0n) is 14.1. The molecule has 1 fully saturated rings. The standard InChI is InChI=1S/C19H24N2O2S/c1-15-2-4-16(5-3-15)18-7-6-17(24-18)14-19(22)20-8-9-21-10-12-23-13-11-21/h2-7H,8-14H2,1H3,(H,20,22). The molecule has 24 heavy (non-hydrogen) atoms. The fourth-order valence-corrected chi connectivity index (χ4v) is 3.76. The highest BCUT2D eigenvalue weighted by molar-refractivity contribution is 7.15. The first-order chi connectivity index (χ1) is 11.7. The summed E-state index contributed by atoms with van der Waals surface area (Å²) in [5, 5.41) is 3.02. The largest absolute Gasteiger partial charge is 0.379 e. The summed E-state index contributed by atoms with van der Waals surface area (Å²) in [6.45, 7) is 7.20. The van der Waals surface area contributed by atoms with Gasteiger partial charge in [-0.05, 0) is 24.6 Å². The molecule has 1 aliphatic rings. The van der Waals surface area contributed by atoms with E-state index in [0.29, 0.717) is 13.0 Å². The van der Waals surface area contributed by atoms with Gasteiger partial charge >= 0.3 is 0 Å². The van der Waals surface area contributed by atoms with Gasteiger partial charge in [0.15, 0.2) is 0 Å². The lowest BCUT2D eigenvalue weighted by molar-refractivity contribution is -0.120. The van der Waals surface area contributed by atoms with Crippen LogP contribution in [0.5, 0.6) is 0 Å². The van der Waals surface area contributed by atoms with Crippen LogP contribution >= 0.6 is 11.3 Å². The lowest BCUT2D eigenvalue weighted by Crippen LogP contribution is -2.41. The van der Waals surface area contributed by atoms with Gasteiger partial charge in [0.05, 0.1) is 19.6 Å². The molecular weight excluding hydrogens is 320 g/mol. The first-order valence-corrected chi connectivity index (χ1v) is 9.25. The summed E-state index contributed by atoms with van der Waals surface area (Å²) in [5.74, 6) is 0.0977. The Bertz CT molecular complexity index is 660. The van der Waals surface area contributed by atoms with Crippen LogP contribution in [0.4, 0.5) is 0 Å². The molecule has 2 heterocycles. The molecule has 1 amide bonds. The Kier molecular flexibility index (Phi) is 6.01. The summed E-state index contributed by atoms with van der Waals surface area (Å²) in [4.78, 5) is 16.7. The highest BCUT2D eigenvalue weighted by Crippen LogP contribution is 2.28. The number of rotatable bonds is 6. The van der Waals surface area contributed by atoms with Crippen molar-refractivity contribution in [3.05, 3.63) is 46.8 Å². The maximum absolute atomic E-state index is 12.1. The predicted molar refractivity (Wildman–Crippen MR) is 98.5 cm³/mol. The number of thiophene rings is 1. The van der Waals surface area contributed by atoms with Crippen LogP contribution in [0.3, 0.4) is 0 Å². The number of ether oxygens (including phenoxy) is 1. The van der Waals surface area contributed by atoms with Crippen molar-refractivity contribution in [3.63, 3.8) is 0 Å². The number of aryl methyl sites for hydroxylation is 1. The Morgan fingerprint density at radius 1 is 1.17 bits per heavy atom. The Hall–Kier alpha value is -1.69. The van der Waals surface area contributed by atoms with Crippen LogP contribution in [-0.4, -0.2) is 50.2 Å². The third kappa shape index (κ3) is 4.90. The van der Waals surface area contributed by atoms with E-state index in [4.69, 9.17) is 4.74 Å². The number of nitrogens with zero attached hydrogens (tertiary/aromatic N) is 1. The maximum Gasteiger partial charge on any atom is 0.225 e. The summed E-state index contributed by atoms with van der Waals surface area (Å²) in [6, 6.07) is 12.7. The highest BCUT2D eigenvalue weighted by atomic mass is 32.1. The molecule has 0 aliphatic carbocycles. The van der Waals surface area contributed by atoms with Crippen molar-refractivity contribution in [3.8, 4) is 10.4 Å². The molecule has 2 aromatic rings. The first kappa shape index (κ1) is 17.1. The lowest BCUT2D eigenvalue weighted by Gasteiger charge is -2.26. The Balaban J connectivity index is 1.45. The number of carbonyl (C=O) groups excluding carboxylic acids is 1. The normalized spacial score (nSPS) is 15.4. The molecule has 1 aromatic heterocycles. The number of nitrogens with one attached hydrogen (secondary N) is 1. The molecule has 4 nitrogen and oxygen atoms in total. The van der Waals surface area contributed by atoms with Gasteiger partial charge in [0, 0.05) is 35.9 Å². The second kappa shape index (κ2) is 8.42. The van der Waals surface area contributed by atoms with E-state index in [1.165, 1.54) is 16.0 Å². The average Bonchev–Trinajstić information content (AvgIpc) is 3.05. The Labute approximate surface area is 147 Å². The zero-order chi connectivity index (χ0) is 16.8. The van der Waals surface area contributed by atoms with E-state index >= 15 is 0 Å². The topological polar surface area (TPSA) is 41.6 Å². The fraction of sp³-hybridized carbons (Fsp3) is 0.421. The average molecular weight is 344 g/mol. The molecule has 0 spiro atoms. The summed E-state index contributed by atoms with van der Waals surface area (Å²) < 4.78 is 5.32. The van der Waals surface area contributed by atoms with Gasteiger partial charge in [0.25, 0.3) is 0 Å². The van der Waals surface area contributed by atoms with Crippen LogP contribution in [0.15, 0.2) is 36.4 Å². The van der Waals surface area contributed by atoms with Crippen LogP contribution < -0.4 is 5.32 Å². The molecule has 0 unspecified atom stereocenters. The molecule has 128 valence electrons. The van der Waals surface area contributed by atoms with Crippen molar-refractivity contribution in [2.24, 2.45) is 0 Å². The Morgan fingerprint density at radius 2 is 1.92 bits per heavy atom. The molecule has 1 N–H and O–H groups in total. The van der Waals surface area contributed by atoms with Crippen molar-refractivity contribution in [1.82, 2.24) is 10.2 Å². The third-order valence-corrected chi connectivity index (χ3v) is 5.32. The van der Waals surface area contributed by atoms with Gasteiger partial charge in [0.1, 0.15) is 0 Å².